The van der Waals surface area contributed by atoms with Crippen LogP contribution >= 0.6 is 11.8 Å². The Hall–Kier alpha value is -2.02. The highest BCUT2D eigenvalue weighted by atomic mass is 32.2. The van der Waals surface area contributed by atoms with Gasteiger partial charge in [-0.15, -0.1) is 11.8 Å². The molecule has 0 aliphatic carbocycles. The molecule has 0 unspecified atom stereocenters. The van der Waals surface area contributed by atoms with Gasteiger partial charge in [0.05, 0.1) is 17.4 Å². The van der Waals surface area contributed by atoms with Crippen LogP contribution in [0.3, 0.4) is 0 Å². The molecule has 0 spiro atoms. The summed E-state index contributed by atoms with van der Waals surface area (Å²) in [5.74, 6) is -0.802. The fourth-order valence-electron chi connectivity index (χ4n) is 2.13. The number of fused-ring (bicyclic) bond motifs is 1. The van der Waals surface area contributed by atoms with Crippen LogP contribution in [-0.4, -0.2) is 35.7 Å². The molecular formula is C17H22N2O4S. The third-order valence-corrected chi connectivity index (χ3v) is 4.70. The summed E-state index contributed by atoms with van der Waals surface area (Å²) < 4.78 is 5.14. The van der Waals surface area contributed by atoms with E-state index in [1.54, 1.807) is 0 Å². The van der Waals surface area contributed by atoms with Crippen LogP contribution in [-0.2, 0) is 19.1 Å². The van der Waals surface area contributed by atoms with Crippen molar-refractivity contribution in [1.82, 2.24) is 5.32 Å². The van der Waals surface area contributed by atoms with Crippen LogP contribution in [0.5, 0.6) is 0 Å². The molecular weight excluding hydrogens is 328 g/mol. The van der Waals surface area contributed by atoms with E-state index in [1.165, 1.54) is 18.7 Å². The molecule has 0 saturated carbocycles. The number of hydrogen-bond acceptors (Lipinski definition) is 5. The van der Waals surface area contributed by atoms with Gasteiger partial charge in [0.25, 0.3) is 5.91 Å². The molecule has 24 heavy (non-hydrogen) atoms. The number of rotatable bonds is 6. The van der Waals surface area contributed by atoms with Gasteiger partial charge in [0.15, 0.2) is 6.10 Å². The molecule has 0 bridgehead atoms. The van der Waals surface area contributed by atoms with Gasteiger partial charge in [-0.2, -0.15) is 0 Å². The first kappa shape index (κ1) is 18.3. The average Bonchev–Trinajstić information content (AvgIpc) is 2.53. The minimum atomic E-state index is -0.875. The zero-order valence-electron chi connectivity index (χ0n) is 14.0. The summed E-state index contributed by atoms with van der Waals surface area (Å²) in [6.45, 7) is 6.01. The van der Waals surface area contributed by atoms with Crippen molar-refractivity contribution in [3.05, 3.63) is 24.3 Å². The van der Waals surface area contributed by atoms with Gasteiger partial charge in [-0.05, 0) is 25.0 Å². The van der Waals surface area contributed by atoms with E-state index in [2.05, 4.69) is 10.6 Å². The standard InChI is InChI=1S/C17H22N2O4S/c1-10(2)9-18-16(21)11(3)23-15(20)8-14-17(22)19-12-6-4-5-7-13(12)24-14/h4-7,10-11,14H,8-9H2,1-3H3,(H,18,21)(H,19,22)/t11-,14+/m1/s1. The Morgan fingerprint density at radius 3 is 2.71 bits per heavy atom. The number of nitrogens with one attached hydrogen (secondary N) is 2. The maximum Gasteiger partial charge on any atom is 0.308 e. The van der Waals surface area contributed by atoms with Gasteiger partial charge in [-0.25, -0.2) is 0 Å². The lowest BCUT2D eigenvalue weighted by molar-refractivity contribution is -0.155. The number of esters is 1. The molecule has 1 aromatic carbocycles. The Labute approximate surface area is 145 Å². The molecule has 0 saturated heterocycles. The van der Waals surface area contributed by atoms with Crippen molar-refractivity contribution in [3.8, 4) is 0 Å². The monoisotopic (exact) mass is 350 g/mol. The first-order valence-electron chi connectivity index (χ1n) is 7.90. The summed E-state index contributed by atoms with van der Waals surface area (Å²) >= 11 is 1.33. The van der Waals surface area contributed by atoms with E-state index in [4.69, 9.17) is 4.74 Å². The SMILES string of the molecule is CC(C)CNC(=O)[C@@H](C)OC(=O)C[C@@H]1Sc2ccccc2NC1=O. The molecule has 2 N–H and O–H groups in total. The molecule has 0 aromatic heterocycles. The lowest BCUT2D eigenvalue weighted by Gasteiger charge is -2.23. The van der Waals surface area contributed by atoms with Crippen LogP contribution in [0.1, 0.15) is 27.2 Å². The fourth-order valence-corrected chi connectivity index (χ4v) is 3.22. The van der Waals surface area contributed by atoms with E-state index >= 15 is 0 Å². The molecule has 1 heterocycles. The molecule has 1 aliphatic heterocycles. The van der Waals surface area contributed by atoms with Crippen molar-refractivity contribution in [3.63, 3.8) is 0 Å². The quantitative estimate of drug-likeness (QED) is 0.768. The van der Waals surface area contributed by atoms with Crippen molar-refractivity contribution >= 4 is 35.2 Å². The van der Waals surface area contributed by atoms with E-state index in [9.17, 15) is 14.4 Å². The van der Waals surface area contributed by atoms with Gasteiger partial charge in [0, 0.05) is 11.4 Å². The average molecular weight is 350 g/mol. The summed E-state index contributed by atoms with van der Waals surface area (Å²) in [4.78, 5) is 36.8. The third kappa shape index (κ3) is 4.99. The Kier molecular flexibility index (Phi) is 6.25. The first-order valence-corrected chi connectivity index (χ1v) is 8.78. The van der Waals surface area contributed by atoms with Gasteiger partial charge >= 0.3 is 5.97 Å². The summed E-state index contributed by atoms with van der Waals surface area (Å²) in [6.07, 6.45) is -0.952. The Bertz CT molecular complexity index is 633. The molecule has 130 valence electrons. The second-order valence-corrected chi connectivity index (χ2v) is 7.31. The molecule has 6 nitrogen and oxygen atoms in total. The number of hydrogen-bond donors (Lipinski definition) is 2. The van der Waals surface area contributed by atoms with Crippen LogP contribution < -0.4 is 10.6 Å². The second kappa shape index (κ2) is 8.19. The topological polar surface area (TPSA) is 84.5 Å². The molecule has 1 aliphatic rings. The molecule has 1 aromatic rings. The lowest BCUT2D eigenvalue weighted by Crippen LogP contribution is -2.38. The number of anilines is 1. The molecule has 0 fully saturated rings. The number of benzene rings is 1. The zero-order valence-corrected chi connectivity index (χ0v) is 14.8. The Morgan fingerprint density at radius 2 is 2.00 bits per heavy atom. The summed E-state index contributed by atoms with van der Waals surface area (Å²) in [7, 11) is 0. The van der Waals surface area contributed by atoms with Crippen LogP contribution in [0.4, 0.5) is 5.69 Å². The van der Waals surface area contributed by atoms with Crippen LogP contribution in [0.25, 0.3) is 0 Å². The summed E-state index contributed by atoms with van der Waals surface area (Å²) in [5, 5.41) is 4.93. The highest BCUT2D eigenvalue weighted by Gasteiger charge is 2.30. The highest BCUT2D eigenvalue weighted by molar-refractivity contribution is 8.01. The van der Waals surface area contributed by atoms with Gasteiger partial charge in [-0.1, -0.05) is 26.0 Å². The highest BCUT2D eigenvalue weighted by Crippen LogP contribution is 2.36. The summed E-state index contributed by atoms with van der Waals surface area (Å²) in [6, 6.07) is 7.42. The summed E-state index contributed by atoms with van der Waals surface area (Å²) in [5.41, 5.74) is 0.749. The first-order chi connectivity index (χ1) is 11.4. The predicted octanol–water partition coefficient (Wildman–Crippen LogP) is 2.19. The molecule has 2 amide bonds. The third-order valence-electron chi connectivity index (χ3n) is 3.42. The van der Waals surface area contributed by atoms with Gasteiger partial charge in [0.2, 0.25) is 5.91 Å². The fraction of sp³-hybridized carbons (Fsp3) is 0.471. The maximum atomic E-state index is 12.1. The van der Waals surface area contributed by atoms with Crippen molar-refractivity contribution in [1.29, 1.82) is 0 Å². The normalized spacial score (nSPS) is 17.7. The number of amides is 2. The molecule has 2 atom stereocenters. The smallest absolute Gasteiger partial charge is 0.308 e. The lowest BCUT2D eigenvalue weighted by atomic mass is 10.2. The van der Waals surface area contributed by atoms with E-state index < -0.39 is 17.3 Å². The van der Waals surface area contributed by atoms with E-state index in [-0.39, 0.29) is 18.2 Å². The van der Waals surface area contributed by atoms with Crippen LogP contribution in [0, 0.1) is 5.92 Å². The van der Waals surface area contributed by atoms with Crippen LogP contribution in [0.15, 0.2) is 29.2 Å². The van der Waals surface area contributed by atoms with E-state index in [1.807, 2.05) is 38.1 Å². The largest absolute Gasteiger partial charge is 0.453 e. The molecule has 2 rings (SSSR count). The van der Waals surface area contributed by atoms with E-state index in [0.29, 0.717) is 12.5 Å². The van der Waals surface area contributed by atoms with Crippen molar-refractivity contribution in [2.75, 3.05) is 11.9 Å². The van der Waals surface area contributed by atoms with Crippen molar-refractivity contribution in [2.24, 2.45) is 5.92 Å². The second-order valence-electron chi connectivity index (χ2n) is 6.07. The molecule has 7 heteroatoms. The van der Waals surface area contributed by atoms with Gasteiger partial charge < -0.3 is 15.4 Å². The van der Waals surface area contributed by atoms with Gasteiger partial charge in [-0.3, -0.25) is 14.4 Å². The van der Waals surface area contributed by atoms with Crippen molar-refractivity contribution < 1.29 is 19.1 Å². The Morgan fingerprint density at radius 1 is 1.29 bits per heavy atom. The minimum Gasteiger partial charge on any atom is -0.453 e. The molecule has 0 radical (unpaired) electrons. The van der Waals surface area contributed by atoms with Crippen LogP contribution in [0.2, 0.25) is 0 Å². The number of carbonyl (C=O) groups excluding carboxylic acids is 3. The number of para-hydroxylation sites is 1. The maximum absolute atomic E-state index is 12.1. The number of ether oxygens (including phenoxy) is 1. The Balaban J connectivity index is 1.86. The van der Waals surface area contributed by atoms with E-state index in [0.717, 1.165) is 10.6 Å². The number of thioether (sulfide) groups is 1. The number of carbonyl (C=O) groups is 3. The zero-order chi connectivity index (χ0) is 17.7. The predicted molar refractivity (Wildman–Crippen MR) is 92.7 cm³/mol. The van der Waals surface area contributed by atoms with Gasteiger partial charge in [0.1, 0.15) is 0 Å². The minimum absolute atomic E-state index is 0.0768. The van der Waals surface area contributed by atoms with Crippen molar-refractivity contribution in [2.45, 2.75) is 43.4 Å².